The maximum atomic E-state index is 12.5. The number of halogens is 2. The van der Waals surface area contributed by atoms with Gasteiger partial charge in [-0.25, -0.2) is 13.8 Å². The maximum absolute atomic E-state index is 12.5. The van der Waals surface area contributed by atoms with Crippen molar-refractivity contribution in [3.05, 3.63) is 23.0 Å². The molecule has 74 valence electrons. The lowest BCUT2D eigenvalue weighted by Crippen LogP contribution is -2.09. The number of alkyl halides is 2. The van der Waals surface area contributed by atoms with E-state index in [9.17, 15) is 8.78 Å². The van der Waals surface area contributed by atoms with Gasteiger partial charge >= 0.3 is 0 Å². The highest BCUT2D eigenvalue weighted by molar-refractivity contribution is 5.53. The van der Waals surface area contributed by atoms with Gasteiger partial charge in [-0.05, 0) is 0 Å². The minimum Gasteiger partial charge on any atom is -0.397 e. The Hall–Kier alpha value is -1.74. The van der Waals surface area contributed by atoms with Crippen LogP contribution in [0.1, 0.15) is 23.2 Å². The van der Waals surface area contributed by atoms with Crippen molar-refractivity contribution in [1.29, 1.82) is 5.26 Å². The molecular formula is C8H8F2N4. The van der Waals surface area contributed by atoms with Gasteiger partial charge in [0.1, 0.15) is 11.8 Å². The summed E-state index contributed by atoms with van der Waals surface area (Å²) in [6.07, 6.45) is -1.63. The minimum absolute atomic E-state index is 0.0850. The Kier molecular flexibility index (Phi) is 2.94. The van der Waals surface area contributed by atoms with Crippen LogP contribution in [0.4, 0.5) is 14.5 Å². The van der Waals surface area contributed by atoms with Gasteiger partial charge in [0.25, 0.3) is 6.43 Å². The van der Waals surface area contributed by atoms with Crippen LogP contribution in [0.2, 0.25) is 0 Å². The molecule has 1 heterocycles. The van der Waals surface area contributed by atoms with Crippen LogP contribution >= 0.6 is 0 Å². The van der Waals surface area contributed by atoms with Crippen LogP contribution < -0.4 is 11.5 Å². The van der Waals surface area contributed by atoms with E-state index in [4.69, 9.17) is 16.7 Å². The summed E-state index contributed by atoms with van der Waals surface area (Å²) in [5, 5.41) is 8.55. The molecule has 4 N–H and O–H groups in total. The SMILES string of the molecule is N#Cc1ncc(N)c(CN)c1C(F)F. The standard InChI is InChI=1S/C8H8F2N4/c9-8(10)7-4(1-11)5(13)3-14-6(7)2-12/h3,8H,1,11,13H2. The molecule has 6 heteroatoms. The molecule has 0 spiro atoms. The Bertz CT molecular complexity index is 384. The normalized spacial score (nSPS) is 10.2. The molecule has 0 amide bonds. The number of nitrogens with zero attached hydrogens (tertiary/aromatic N) is 2. The maximum Gasteiger partial charge on any atom is 0.267 e. The number of nitriles is 1. The Morgan fingerprint density at radius 1 is 1.57 bits per heavy atom. The highest BCUT2D eigenvalue weighted by Gasteiger charge is 2.20. The zero-order valence-electron chi connectivity index (χ0n) is 7.17. The highest BCUT2D eigenvalue weighted by Crippen LogP contribution is 2.28. The predicted octanol–water partition coefficient (Wildman–Crippen LogP) is 0.932. The molecule has 0 saturated heterocycles. The van der Waals surface area contributed by atoms with Crippen molar-refractivity contribution in [3.63, 3.8) is 0 Å². The summed E-state index contributed by atoms with van der Waals surface area (Å²) in [5.74, 6) is 0. The van der Waals surface area contributed by atoms with Crippen molar-refractivity contribution in [2.75, 3.05) is 5.73 Å². The Labute approximate surface area is 79.1 Å². The van der Waals surface area contributed by atoms with Crippen LogP contribution in [0.15, 0.2) is 6.20 Å². The van der Waals surface area contributed by atoms with Crippen LogP contribution in [0.25, 0.3) is 0 Å². The summed E-state index contributed by atoms with van der Waals surface area (Å²) < 4.78 is 25.1. The predicted molar refractivity (Wildman–Crippen MR) is 46.2 cm³/mol. The van der Waals surface area contributed by atoms with Crippen LogP contribution in [0.3, 0.4) is 0 Å². The lowest BCUT2D eigenvalue weighted by Gasteiger charge is -2.10. The van der Waals surface area contributed by atoms with E-state index in [1.807, 2.05) is 0 Å². The van der Waals surface area contributed by atoms with Gasteiger partial charge in [-0.1, -0.05) is 0 Å². The fraction of sp³-hybridized carbons (Fsp3) is 0.250. The van der Waals surface area contributed by atoms with Crippen molar-refractivity contribution in [2.45, 2.75) is 13.0 Å². The van der Waals surface area contributed by atoms with Gasteiger partial charge < -0.3 is 11.5 Å². The van der Waals surface area contributed by atoms with Crippen LogP contribution in [0.5, 0.6) is 0 Å². The number of nitrogens with two attached hydrogens (primary N) is 2. The van der Waals surface area contributed by atoms with E-state index in [1.54, 1.807) is 6.07 Å². The quantitative estimate of drug-likeness (QED) is 0.739. The number of anilines is 1. The number of pyridine rings is 1. The average Bonchev–Trinajstić information content (AvgIpc) is 2.17. The molecule has 0 radical (unpaired) electrons. The first-order chi connectivity index (χ1) is 6.61. The second-order valence-corrected chi connectivity index (χ2v) is 2.57. The van der Waals surface area contributed by atoms with Crippen molar-refractivity contribution >= 4 is 5.69 Å². The fourth-order valence-electron chi connectivity index (χ4n) is 1.13. The summed E-state index contributed by atoms with van der Waals surface area (Å²) >= 11 is 0. The molecule has 0 unspecified atom stereocenters. The third-order valence-corrected chi connectivity index (χ3v) is 1.79. The van der Waals surface area contributed by atoms with Gasteiger partial charge in [-0.2, -0.15) is 5.26 Å². The van der Waals surface area contributed by atoms with Gasteiger partial charge in [0, 0.05) is 12.1 Å². The van der Waals surface area contributed by atoms with E-state index in [-0.39, 0.29) is 23.5 Å². The highest BCUT2D eigenvalue weighted by atomic mass is 19.3. The molecule has 0 atom stereocenters. The zero-order valence-corrected chi connectivity index (χ0v) is 7.17. The molecule has 0 aromatic carbocycles. The van der Waals surface area contributed by atoms with Gasteiger partial charge in [-0.15, -0.1) is 0 Å². The molecule has 1 rings (SSSR count). The Morgan fingerprint density at radius 3 is 2.64 bits per heavy atom. The molecule has 0 aliphatic rings. The van der Waals surface area contributed by atoms with Crippen molar-refractivity contribution in [1.82, 2.24) is 4.98 Å². The first kappa shape index (κ1) is 10.3. The van der Waals surface area contributed by atoms with E-state index in [0.29, 0.717) is 0 Å². The Balaban J connectivity index is 3.46. The molecule has 0 bridgehead atoms. The van der Waals surface area contributed by atoms with E-state index < -0.39 is 12.0 Å². The average molecular weight is 198 g/mol. The zero-order chi connectivity index (χ0) is 10.7. The molecule has 14 heavy (non-hydrogen) atoms. The van der Waals surface area contributed by atoms with E-state index in [1.165, 1.54) is 0 Å². The Morgan fingerprint density at radius 2 is 2.21 bits per heavy atom. The van der Waals surface area contributed by atoms with Crippen LogP contribution in [0, 0.1) is 11.3 Å². The molecular weight excluding hydrogens is 190 g/mol. The van der Waals surface area contributed by atoms with E-state index >= 15 is 0 Å². The molecule has 0 aliphatic heterocycles. The fourth-order valence-corrected chi connectivity index (χ4v) is 1.13. The number of hydrogen-bond donors (Lipinski definition) is 2. The third kappa shape index (κ3) is 1.63. The second-order valence-electron chi connectivity index (χ2n) is 2.57. The largest absolute Gasteiger partial charge is 0.397 e. The van der Waals surface area contributed by atoms with E-state index in [0.717, 1.165) is 6.20 Å². The summed E-state index contributed by atoms with van der Waals surface area (Å²) in [5.41, 5.74) is 10.1. The number of aromatic nitrogens is 1. The third-order valence-electron chi connectivity index (χ3n) is 1.79. The van der Waals surface area contributed by atoms with Gasteiger partial charge in [-0.3, -0.25) is 0 Å². The summed E-state index contributed by atoms with van der Waals surface area (Å²) in [7, 11) is 0. The van der Waals surface area contributed by atoms with Crippen molar-refractivity contribution in [2.24, 2.45) is 5.73 Å². The minimum atomic E-state index is -2.79. The molecule has 1 aromatic rings. The summed E-state index contributed by atoms with van der Waals surface area (Å²) in [6, 6.07) is 1.58. The molecule has 0 fully saturated rings. The van der Waals surface area contributed by atoms with Gasteiger partial charge in [0.15, 0.2) is 0 Å². The molecule has 4 nitrogen and oxygen atoms in total. The summed E-state index contributed by atoms with van der Waals surface area (Å²) in [6.45, 7) is -0.136. The van der Waals surface area contributed by atoms with Crippen LogP contribution in [-0.2, 0) is 6.54 Å². The first-order valence-electron chi connectivity index (χ1n) is 3.77. The number of hydrogen-bond acceptors (Lipinski definition) is 4. The monoisotopic (exact) mass is 198 g/mol. The van der Waals surface area contributed by atoms with Crippen molar-refractivity contribution in [3.8, 4) is 6.07 Å². The summed E-state index contributed by atoms with van der Waals surface area (Å²) in [4.78, 5) is 3.50. The topological polar surface area (TPSA) is 88.7 Å². The van der Waals surface area contributed by atoms with Crippen LogP contribution in [-0.4, -0.2) is 4.98 Å². The second kappa shape index (κ2) is 3.98. The molecule has 1 aromatic heterocycles. The molecule has 0 saturated carbocycles. The lowest BCUT2D eigenvalue weighted by molar-refractivity contribution is 0.149. The first-order valence-corrected chi connectivity index (χ1v) is 3.77. The van der Waals surface area contributed by atoms with Crippen molar-refractivity contribution < 1.29 is 8.78 Å². The van der Waals surface area contributed by atoms with E-state index in [2.05, 4.69) is 4.98 Å². The van der Waals surface area contributed by atoms with Gasteiger partial charge in [0.05, 0.1) is 17.4 Å². The number of nitrogen functional groups attached to an aromatic ring is 1. The lowest BCUT2D eigenvalue weighted by atomic mass is 10.1. The van der Waals surface area contributed by atoms with Gasteiger partial charge in [0.2, 0.25) is 0 Å². The smallest absolute Gasteiger partial charge is 0.267 e. The number of rotatable bonds is 2. The molecule has 0 aliphatic carbocycles.